The normalized spacial score (nSPS) is 14.1. The Morgan fingerprint density at radius 3 is 2.88 bits per heavy atom. The summed E-state index contributed by atoms with van der Waals surface area (Å²) in [6, 6.07) is 9.44. The number of benzene rings is 1. The topological polar surface area (TPSA) is 84.2 Å². The quantitative estimate of drug-likeness (QED) is 0.760. The van der Waals surface area contributed by atoms with Gasteiger partial charge in [-0.2, -0.15) is 0 Å². The number of hydrogen-bond donors (Lipinski definition) is 1. The average molecular weight is 351 g/mol. The van der Waals surface area contributed by atoms with Crippen LogP contribution in [0.4, 0.5) is 5.95 Å². The van der Waals surface area contributed by atoms with E-state index in [0.717, 1.165) is 35.8 Å². The van der Waals surface area contributed by atoms with Crippen LogP contribution in [-0.4, -0.2) is 34.1 Å². The first-order valence-corrected chi connectivity index (χ1v) is 8.88. The Morgan fingerprint density at radius 1 is 1.23 bits per heavy atom. The number of rotatable bonds is 5. The monoisotopic (exact) mass is 351 g/mol. The summed E-state index contributed by atoms with van der Waals surface area (Å²) in [7, 11) is 0. The van der Waals surface area contributed by atoms with E-state index in [9.17, 15) is 4.79 Å². The van der Waals surface area contributed by atoms with E-state index in [1.54, 1.807) is 0 Å². The molecule has 3 heterocycles. The minimum Gasteiger partial charge on any atom is -0.356 e. The molecule has 1 amide bonds. The van der Waals surface area contributed by atoms with Crippen LogP contribution in [0.5, 0.6) is 0 Å². The molecule has 7 nitrogen and oxygen atoms in total. The maximum absolute atomic E-state index is 12.3. The lowest BCUT2D eigenvalue weighted by molar-refractivity contribution is -0.120. The van der Waals surface area contributed by atoms with E-state index in [0.29, 0.717) is 17.8 Å². The van der Waals surface area contributed by atoms with Crippen molar-refractivity contribution >= 4 is 22.8 Å². The summed E-state index contributed by atoms with van der Waals surface area (Å²) in [5, 5.41) is 7.79. The lowest BCUT2D eigenvalue weighted by Crippen LogP contribution is -2.26. The summed E-state index contributed by atoms with van der Waals surface area (Å²) in [6.07, 6.45) is 2.53. The third-order valence-corrected chi connectivity index (χ3v) is 4.53. The zero-order valence-corrected chi connectivity index (χ0v) is 14.7. The predicted octanol–water partition coefficient (Wildman–Crippen LogP) is 2.39. The Labute approximate surface area is 151 Å². The molecule has 134 valence electrons. The first-order valence-electron chi connectivity index (χ1n) is 8.88. The standard InChI is InChI=1S/C19H21N5O2/c1-13-10-14(22-19(21-13)24-8-4-5-9-24)12-20-18(25)11-16-15-6-2-3-7-17(15)26-23-16/h2-3,6-7,10H,4-5,8-9,11-12H2,1H3,(H,20,25). The molecule has 0 atom stereocenters. The number of carbonyl (C=O) groups is 1. The molecular weight excluding hydrogens is 330 g/mol. The van der Waals surface area contributed by atoms with Crippen molar-refractivity contribution in [2.75, 3.05) is 18.0 Å². The van der Waals surface area contributed by atoms with Crippen molar-refractivity contribution in [1.29, 1.82) is 0 Å². The van der Waals surface area contributed by atoms with Crippen molar-refractivity contribution in [3.8, 4) is 0 Å². The third kappa shape index (κ3) is 3.51. The van der Waals surface area contributed by atoms with Crippen LogP contribution in [0.15, 0.2) is 34.9 Å². The van der Waals surface area contributed by atoms with Gasteiger partial charge in [0.25, 0.3) is 0 Å². The van der Waals surface area contributed by atoms with Crippen molar-refractivity contribution in [2.24, 2.45) is 0 Å². The zero-order chi connectivity index (χ0) is 17.9. The second kappa shape index (κ2) is 7.11. The molecule has 1 fully saturated rings. The maximum atomic E-state index is 12.3. The minimum atomic E-state index is -0.108. The number of nitrogens with zero attached hydrogens (tertiary/aromatic N) is 4. The summed E-state index contributed by atoms with van der Waals surface area (Å²) >= 11 is 0. The number of aromatic nitrogens is 3. The Hall–Kier alpha value is -2.96. The zero-order valence-electron chi connectivity index (χ0n) is 14.7. The molecule has 0 spiro atoms. The van der Waals surface area contributed by atoms with Gasteiger partial charge in [0.05, 0.1) is 18.7 Å². The van der Waals surface area contributed by atoms with Gasteiger partial charge in [-0.05, 0) is 38.0 Å². The second-order valence-electron chi connectivity index (χ2n) is 6.57. The summed E-state index contributed by atoms with van der Waals surface area (Å²) in [5.74, 6) is 0.650. The van der Waals surface area contributed by atoms with Gasteiger partial charge >= 0.3 is 0 Å². The molecular formula is C19H21N5O2. The highest BCUT2D eigenvalue weighted by Gasteiger charge is 2.16. The molecule has 0 radical (unpaired) electrons. The summed E-state index contributed by atoms with van der Waals surface area (Å²) in [5.41, 5.74) is 3.07. The average Bonchev–Trinajstić information content (AvgIpc) is 3.30. The summed E-state index contributed by atoms with van der Waals surface area (Å²) < 4.78 is 5.24. The molecule has 1 aliphatic heterocycles. The summed E-state index contributed by atoms with van der Waals surface area (Å²) in [4.78, 5) is 23.6. The molecule has 0 saturated carbocycles. The molecule has 1 N–H and O–H groups in total. The van der Waals surface area contributed by atoms with Crippen LogP contribution in [0, 0.1) is 6.92 Å². The molecule has 1 aliphatic rings. The lowest BCUT2D eigenvalue weighted by atomic mass is 10.1. The molecule has 1 aromatic carbocycles. The number of aryl methyl sites for hydroxylation is 1. The number of para-hydroxylation sites is 1. The highest BCUT2D eigenvalue weighted by atomic mass is 16.5. The fourth-order valence-corrected chi connectivity index (χ4v) is 3.24. The molecule has 7 heteroatoms. The third-order valence-electron chi connectivity index (χ3n) is 4.53. The van der Waals surface area contributed by atoms with Crippen LogP contribution in [-0.2, 0) is 17.8 Å². The van der Waals surface area contributed by atoms with Crippen molar-refractivity contribution in [3.63, 3.8) is 0 Å². The molecule has 0 aliphatic carbocycles. The Bertz CT molecular complexity index is 931. The van der Waals surface area contributed by atoms with Crippen LogP contribution < -0.4 is 10.2 Å². The SMILES string of the molecule is Cc1cc(CNC(=O)Cc2noc3ccccc23)nc(N2CCCC2)n1. The van der Waals surface area contributed by atoms with E-state index in [1.807, 2.05) is 37.3 Å². The Balaban J connectivity index is 1.41. The van der Waals surface area contributed by atoms with Gasteiger partial charge in [0.1, 0.15) is 5.69 Å². The number of carbonyl (C=O) groups excluding carboxylic acids is 1. The van der Waals surface area contributed by atoms with E-state index >= 15 is 0 Å². The highest BCUT2D eigenvalue weighted by Crippen LogP contribution is 2.18. The van der Waals surface area contributed by atoms with Gasteiger partial charge in [-0.1, -0.05) is 17.3 Å². The van der Waals surface area contributed by atoms with Crippen LogP contribution in [0.1, 0.15) is 29.9 Å². The predicted molar refractivity (Wildman–Crippen MR) is 97.8 cm³/mol. The Morgan fingerprint density at radius 2 is 2.04 bits per heavy atom. The second-order valence-corrected chi connectivity index (χ2v) is 6.57. The molecule has 1 saturated heterocycles. The molecule has 26 heavy (non-hydrogen) atoms. The van der Waals surface area contributed by atoms with Crippen LogP contribution >= 0.6 is 0 Å². The maximum Gasteiger partial charge on any atom is 0.226 e. The molecule has 0 unspecified atom stereocenters. The highest BCUT2D eigenvalue weighted by molar-refractivity contribution is 5.86. The van der Waals surface area contributed by atoms with Gasteiger partial charge in [-0.3, -0.25) is 4.79 Å². The summed E-state index contributed by atoms with van der Waals surface area (Å²) in [6.45, 7) is 4.32. The van der Waals surface area contributed by atoms with Crippen molar-refractivity contribution in [2.45, 2.75) is 32.7 Å². The number of amides is 1. The number of hydrogen-bond acceptors (Lipinski definition) is 6. The van der Waals surface area contributed by atoms with E-state index in [1.165, 1.54) is 12.8 Å². The van der Waals surface area contributed by atoms with Crippen molar-refractivity contribution < 1.29 is 9.32 Å². The van der Waals surface area contributed by atoms with E-state index in [2.05, 4.69) is 25.3 Å². The van der Waals surface area contributed by atoms with Gasteiger partial charge in [0.15, 0.2) is 5.58 Å². The van der Waals surface area contributed by atoms with Crippen molar-refractivity contribution in [3.05, 3.63) is 47.4 Å². The molecule has 4 rings (SSSR count). The molecule has 2 aromatic heterocycles. The van der Waals surface area contributed by atoms with E-state index < -0.39 is 0 Å². The first kappa shape index (κ1) is 16.5. The smallest absolute Gasteiger partial charge is 0.226 e. The van der Waals surface area contributed by atoms with Gasteiger partial charge < -0.3 is 14.7 Å². The lowest BCUT2D eigenvalue weighted by Gasteiger charge is -2.16. The van der Waals surface area contributed by atoms with E-state index in [-0.39, 0.29) is 12.3 Å². The fourth-order valence-electron chi connectivity index (χ4n) is 3.24. The van der Waals surface area contributed by atoms with Crippen LogP contribution in [0.3, 0.4) is 0 Å². The largest absolute Gasteiger partial charge is 0.356 e. The first-order chi connectivity index (χ1) is 12.7. The van der Waals surface area contributed by atoms with Crippen molar-refractivity contribution in [1.82, 2.24) is 20.4 Å². The van der Waals surface area contributed by atoms with Gasteiger partial charge in [-0.25, -0.2) is 9.97 Å². The van der Waals surface area contributed by atoms with Crippen LogP contribution in [0.2, 0.25) is 0 Å². The minimum absolute atomic E-state index is 0.108. The number of nitrogens with one attached hydrogen (secondary N) is 1. The van der Waals surface area contributed by atoms with Gasteiger partial charge in [0.2, 0.25) is 11.9 Å². The van der Waals surface area contributed by atoms with Crippen LogP contribution in [0.25, 0.3) is 11.0 Å². The Kier molecular flexibility index (Phi) is 4.51. The number of anilines is 1. The van der Waals surface area contributed by atoms with E-state index in [4.69, 9.17) is 4.52 Å². The van der Waals surface area contributed by atoms with Gasteiger partial charge in [-0.15, -0.1) is 0 Å². The fraction of sp³-hybridized carbons (Fsp3) is 0.368. The molecule has 3 aromatic rings. The van der Waals surface area contributed by atoms with Gasteiger partial charge in [0, 0.05) is 24.2 Å². The number of fused-ring (bicyclic) bond motifs is 1. The molecule has 0 bridgehead atoms.